The molecule has 0 bridgehead atoms. The van der Waals surface area contributed by atoms with Crippen LogP contribution in [0.15, 0.2) is 103 Å². The summed E-state index contributed by atoms with van der Waals surface area (Å²) < 4.78 is 26.1. The van der Waals surface area contributed by atoms with Crippen LogP contribution in [0.3, 0.4) is 0 Å². The first kappa shape index (κ1) is 33.2. The molecule has 0 atom stereocenters. The highest BCUT2D eigenvalue weighted by Gasteiger charge is 2.52. The average Bonchev–Trinajstić information content (AvgIpc) is 3.49. The molecular weight excluding hydrogens is 644 g/mol. The van der Waals surface area contributed by atoms with Crippen LogP contribution in [-0.4, -0.2) is 51.6 Å². The Kier molecular flexibility index (Phi) is 7.29. The zero-order chi connectivity index (χ0) is 36.2. The van der Waals surface area contributed by atoms with Crippen molar-refractivity contribution in [3.63, 3.8) is 0 Å². The lowest BCUT2D eigenvalue weighted by Crippen LogP contribution is -2.41. The van der Waals surface area contributed by atoms with Gasteiger partial charge in [0.2, 0.25) is 0 Å². The Morgan fingerprint density at radius 1 is 0.385 bits per heavy atom. The predicted molar refractivity (Wildman–Crippen MR) is 212 cm³/mol. The van der Waals surface area contributed by atoms with Crippen molar-refractivity contribution < 1.29 is 18.6 Å². The van der Waals surface area contributed by atoms with Crippen LogP contribution in [0.25, 0.3) is 66.1 Å². The average molecular weight is 685 g/mol. The van der Waals surface area contributed by atoms with Gasteiger partial charge in [-0.25, -0.2) is 15.0 Å². The second-order valence-corrected chi connectivity index (χ2v) is 16.2. The molecule has 0 spiro atoms. The zero-order valence-corrected chi connectivity index (χ0v) is 30.9. The number of benzene rings is 4. The van der Waals surface area contributed by atoms with Crippen LogP contribution < -0.4 is 10.9 Å². The molecule has 52 heavy (non-hydrogen) atoms. The normalized spacial score (nSPS) is 19.0. The summed E-state index contributed by atoms with van der Waals surface area (Å²) in [6.07, 6.45) is 0. The third kappa shape index (κ3) is 5.17. The summed E-state index contributed by atoms with van der Waals surface area (Å²) >= 11 is 0. The van der Waals surface area contributed by atoms with Crippen molar-refractivity contribution in [1.29, 1.82) is 0 Å². The maximum absolute atomic E-state index is 6.51. The van der Waals surface area contributed by atoms with Crippen LogP contribution in [0, 0.1) is 0 Å². The zero-order valence-electron chi connectivity index (χ0n) is 30.9. The van der Waals surface area contributed by atoms with Crippen LogP contribution in [0.5, 0.6) is 0 Å². The Hall–Kier alpha value is -4.66. The topological polar surface area (TPSA) is 75.6 Å². The minimum atomic E-state index is -0.510. The molecule has 2 fully saturated rings. The van der Waals surface area contributed by atoms with E-state index in [-0.39, 0.29) is 0 Å². The van der Waals surface area contributed by atoms with E-state index in [1.54, 1.807) is 0 Å². The second kappa shape index (κ2) is 11.4. The fraction of sp³-hybridized carbons (Fsp3) is 0.279. The van der Waals surface area contributed by atoms with E-state index in [9.17, 15) is 0 Å². The highest BCUT2D eigenvalue weighted by Crippen LogP contribution is 2.40. The van der Waals surface area contributed by atoms with E-state index in [1.165, 1.54) is 0 Å². The van der Waals surface area contributed by atoms with E-state index in [1.807, 2.05) is 36.4 Å². The fourth-order valence-electron chi connectivity index (χ4n) is 7.26. The Labute approximate surface area is 305 Å². The van der Waals surface area contributed by atoms with Gasteiger partial charge in [-0.2, -0.15) is 0 Å². The lowest BCUT2D eigenvalue weighted by molar-refractivity contribution is 0.00578. The number of pyridine rings is 3. The summed E-state index contributed by atoms with van der Waals surface area (Å²) in [6.45, 7) is 16.6. The van der Waals surface area contributed by atoms with Crippen molar-refractivity contribution in [2.24, 2.45) is 0 Å². The van der Waals surface area contributed by atoms with Crippen molar-refractivity contribution in [2.45, 2.75) is 77.8 Å². The van der Waals surface area contributed by atoms with Crippen LogP contribution >= 0.6 is 0 Å². The first-order valence-corrected chi connectivity index (χ1v) is 18.1. The van der Waals surface area contributed by atoms with E-state index >= 15 is 0 Å². The summed E-state index contributed by atoms with van der Waals surface area (Å²) in [5, 5.41) is 5.95. The Morgan fingerprint density at radius 2 is 0.750 bits per heavy atom. The summed E-state index contributed by atoms with van der Waals surface area (Å²) in [5.41, 5.74) is 5.05. The molecule has 0 aliphatic carbocycles. The van der Waals surface area contributed by atoms with Crippen LogP contribution in [0.2, 0.25) is 0 Å². The van der Waals surface area contributed by atoms with Crippen molar-refractivity contribution in [1.82, 2.24) is 15.0 Å². The SMILES string of the molecule is CC1(C)OB(c2ccc3c(-c4ccccc4)nc4nc5nc(-c6ccccc6)c6ccc(B7OC(C)(C)C(C)(C)O7)cc6c5cc4c3c2)OC1(C)C. The quantitative estimate of drug-likeness (QED) is 0.105. The molecular formula is C43H41B2N3O4. The number of aromatic nitrogens is 3. The van der Waals surface area contributed by atoms with Gasteiger partial charge in [-0.15, -0.1) is 0 Å². The third-order valence-corrected chi connectivity index (χ3v) is 11.7. The van der Waals surface area contributed by atoms with Gasteiger partial charge in [0.15, 0.2) is 11.3 Å². The molecule has 2 aliphatic rings. The van der Waals surface area contributed by atoms with Gasteiger partial charge in [0, 0.05) is 32.7 Å². The monoisotopic (exact) mass is 685 g/mol. The van der Waals surface area contributed by atoms with Gasteiger partial charge in [-0.1, -0.05) is 97.1 Å². The van der Waals surface area contributed by atoms with Gasteiger partial charge in [-0.3, -0.25) is 0 Å². The predicted octanol–water partition coefficient (Wildman–Crippen LogP) is 8.42. The van der Waals surface area contributed by atoms with Gasteiger partial charge in [0.25, 0.3) is 0 Å². The molecule has 0 N–H and O–H groups in total. The smallest absolute Gasteiger partial charge is 0.399 e. The Balaban J connectivity index is 1.33. The highest BCUT2D eigenvalue weighted by atomic mass is 16.7. The first-order chi connectivity index (χ1) is 24.7. The van der Waals surface area contributed by atoms with Gasteiger partial charge < -0.3 is 18.6 Å². The highest BCUT2D eigenvalue weighted by molar-refractivity contribution is 6.63. The minimum absolute atomic E-state index is 0.462. The molecule has 258 valence electrons. The molecule has 0 radical (unpaired) electrons. The van der Waals surface area contributed by atoms with E-state index in [4.69, 9.17) is 33.6 Å². The number of hydrogen-bond donors (Lipinski definition) is 0. The van der Waals surface area contributed by atoms with E-state index < -0.39 is 36.6 Å². The van der Waals surface area contributed by atoms with Crippen LogP contribution in [0.4, 0.5) is 0 Å². The summed E-state index contributed by atoms with van der Waals surface area (Å²) in [5.74, 6) is 0. The van der Waals surface area contributed by atoms with Gasteiger partial charge >= 0.3 is 14.2 Å². The van der Waals surface area contributed by atoms with Crippen molar-refractivity contribution in [3.05, 3.63) is 103 Å². The lowest BCUT2D eigenvalue weighted by Gasteiger charge is -2.32. The van der Waals surface area contributed by atoms with Gasteiger partial charge in [0.05, 0.1) is 33.8 Å². The summed E-state index contributed by atoms with van der Waals surface area (Å²) in [7, 11) is -1.02. The molecule has 2 aliphatic heterocycles. The third-order valence-electron chi connectivity index (χ3n) is 11.7. The molecule has 4 aromatic carbocycles. The fourth-order valence-corrected chi connectivity index (χ4v) is 7.26. The molecule has 0 unspecified atom stereocenters. The maximum Gasteiger partial charge on any atom is 0.494 e. The van der Waals surface area contributed by atoms with E-state index in [2.05, 4.69) is 122 Å². The first-order valence-electron chi connectivity index (χ1n) is 18.1. The maximum atomic E-state index is 6.51. The molecule has 0 saturated carbocycles. The lowest BCUT2D eigenvalue weighted by atomic mass is 9.77. The molecule has 3 aromatic heterocycles. The molecule has 9 rings (SSSR count). The van der Waals surface area contributed by atoms with Gasteiger partial charge in [-0.05, 0) is 83.2 Å². The van der Waals surface area contributed by atoms with Crippen molar-refractivity contribution in [3.8, 4) is 22.5 Å². The number of fused-ring (bicyclic) bond motifs is 6. The molecule has 7 nitrogen and oxygen atoms in total. The molecule has 5 heterocycles. The van der Waals surface area contributed by atoms with Crippen LogP contribution in [-0.2, 0) is 18.6 Å². The Morgan fingerprint density at radius 3 is 1.12 bits per heavy atom. The number of nitrogens with zero attached hydrogens (tertiary/aromatic N) is 3. The van der Waals surface area contributed by atoms with Crippen LogP contribution in [0.1, 0.15) is 55.4 Å². The molecule has 2 saturated heterocycles. The Bertz CT molecular complexity index is 2350. The molecule has 9 heteroatoms. The summed E-state index contributed by atoms with van der Waals surface area (Å²) in [6, 6.07) is 35.6. The summed E-state index contributed by atoms with van der Waals surface area (Å²) in [4.78, 5) is 15.7. The standard InChI is InChI=1S/C43H41B2N3O4/c1-40(2)41(3,4)50-44(49-40)28-19-21-30-32(23-28)34-25-35-33-24-29(45-51-42(5,6)43(7,8)52-45)20-22-31(33)37(27-17-13-10-14-18-27)47-39(35)48-38(34)46-36(30)26-15-11-9-12-16-26/h9-25H,1-8H3. The largest absolute Gasteiger partial charge is 0.494 e. The van der Waals surface area contributed by atoms with Crippen molar-refractivity contribution in [2.75, 3.05) is 0 Å². The molecule has 7 aromatic rings. The van der Waals surface area contributed by atoms with E-state index in [0.717, 1.165) is 65.8 Å². The second-order valence-electron chi connectivity index (χ2n) is 16.2. The number of hydrogen-bond acceptors (Lipinski definition) is 7. The van der Waals surface area contributed by atoms with Gasteiger partial charge in [0.1, 0.15) is 0 Å². The van der Waals surface area contributed by atoms with E-state index in [0.29, 0.717) is 11.3 Å². The minimum Gasteiger partial charge on any atom is -0.399 e. The molecule has 0 amide bonds. The number of rotatable bonds is 4. The van der Waals surface area contributed by atoms with Crippen molar-refractivity contribution >= 4 is 68.8 Å².